The molecule has 3 rings (SSSR count). The quantitative estimate of drug-likeness (QED) is 0.835. The predicted molar refractivity (Wildman–Crippen MR) is 81.1 cm³/mol. The summed E-state index contributed by atoms with van der Waals surface area (Å²) in [5, 5.41) is 5.70. The second-order valence-corrected chi connectivity index (χ2v) is 5.59. The van der Waals surface area contributed by atoms with E-state index in [4.69, 9.17) is 0 Å². The van der Waals surface area contributed by atoms with E-state index in [1.54, 1.807) is 0 Å². The number of carbonyl (C=O) groups excluding carboxylic acids is 2. The number of carbonyl (C=O) groups is 2. The minimum atomic E-state index is -0.0569. The van der Waals surface area contributed by atoms with Crippen LogP contribution in [0.5, 0.6) is 0 Å². The van der Waals surface area contributed by atoms with Crippen molar-refractivity contribution < 1.29 is 9.59 Å². The van der Waals surface area contributed by atoms with Gasteiger partial charge in [-0.2, -0.15) is 5.10 Å². The molecule has 0 aliphatic carbocycles. The molecule has 0 spiro atoms. The van der Waals surface area contributed by atoms with Crippen LogP contribution in [0.1, 0.15) is 31.2 Å². The van der Waals surface area contributed by atoms with Crippen LogP contribution in [0, 0.1) is 6.92 Å². The van der Waals surface area contributed by atoms with Crippen LogP contribution in [0.15, 0.2) is 29.4 Å². The highest BCUT2D eigenvalue weighted by atomic mass is 16.2. The normalized spacial score (nSPS) is 18.9. The van der Waals surface area contributed by atoms with E-state index in [2.05, 4.69) is 5.10 Å². The molecular weight excluding hydrogens is 266 g/mol. The van der Waals surface area contributed by atoms with Gasteiger partial charge in [0.2, 0.25) is 5.91 Å². The van der Waals surface area contributed by atoms with Gasteiger partial charge in [0.25, 0.3) is 5.91 Å². The molecule has 0 radical (unpaired) electrons. The van der Waals surface area contributed by atoms with E-state index in [9.17, 15) is 9.59 Å². The minimum Gasteiger partial charge on any atom is -0.338 e. The monoisotopic (exact) mass is 285 g/mol. The van der Waals surface area contributed by atoms with Gasteiger partial charge in [-0.15, -0.1) is 0 Å². The van der Waals surface area contributed by atoms with Crippen molar-refractivity contribution in [2.24, 2.45) is 5.10 Å². The largest absolute Gasteiger partial charge is 0.338 e. The fourth-order valence-corrected chi connectivity index (χ4v) is 2.77. The fraction of sp³-hybridized carbons (Fsp3) is 0.438. The first-order chi connectivity index (χ1) is 10.1. The Hall–Kier alpha value is -2.17. The Morgan fingerprint density at radius 2 is 1.95 bits per heavy atom. The van der Waals surface area contributed by atoms with Crippen molar-refractivity contribution in [3.8, 4) is 0 Å². The Kier molecular flexibility index (Phi) is 3.73. The zero-order chi connectivity index (χ0) is 14.8. The number of hydrazone groups is 1. The van der Waals surface area contributed by atoms with Gasteiger partial charge in [-0.1, -0.05) is 12.1 Å². The summed E-state index contributed by atoms with van der Waals surface area (Å²) in [6, 6.07) is 7.62. The molecule has 110 valence electrons. The molecule has 2 heterocycles. The van der Waals surface area contributed by atoms with Crippen LogP contribution in [0.25, 0.3) is 0 Å². The lowest BCUT2D eigenvalue weighted by molar-refractivity contribution is -0.123. The molecule has 1 aromatic carbocycles. The molecule has 0 atom stereocenters. The van der Waals surface area contributed by atoms with E-state index in [1.165, 1.54) is 5.01 Å². The molecule has 0 saturated carbocycles. The molecule has 5 nitrogen and oxygen atoms in total. The lowest BCUT2D eigenvalue weighted by Crippen LogP contribution is -2.40. The van der Waals surface area contributed by atoms with Gasteiger partial charge in [-0.3, -0.25) is 9.59 Å². The zero-order valence-corrected chi connectivity index (χ0v) is 12.2. The number of hydrogen-bond donors (Lipinski definition) is 0. The fourth-order valence-electron chi connectivity index (χ4n) is 2.77. The van der Waals surface area contributed by atoms with Crippen LogP contribution in [-0.2, 0) is 9.59 Å². The second kappa shape index (κ2) is 5.68. The highest BCUT2D eigenvalue weighted by Crippen LogP contribution is 2.22. The van der Waals surface area contributed by atoms with Gasteiger partial charge < -0.3 is 4.90 Å². The summed E-state index contributed by atoms with van der Waals surface area (Å²) < 4.78 is 0. The summed E-state index contributed by atoms with van der Waals surface area (Å²) in [4.78, 5) is 26.3. The molecule has 1 aromatic rings. The topological polar surface area (TPSA) is 53.0 Å². The van der Waals surface area contributed by atoms with E-state index in [0.717, 1.165) is 37.2 Å². The molecule has 0 bridgehead atoms. The average Bonchev–Trinajstić information content (AvgIpc) is 3.01. The number of benzene rings is 1. The maximum Gasteiger partial charge on any atom is 0.270 e. The third-order valence-electron chi connectivity index (χ3n) is 3.92. The van der Waals surface area contributed by atoms with Gasteiger partial charge in [0, 0.05) is 25.9 Å². The van der Waals surface area contributed by atoms with Crippen molar-refractivity contribution >= 4 is 23.2 Å². The molecule has 0 aromatic heterocycles. The summed E-state index contributed by atoms with van der Waals surface area (Å²) in [6.07, 6.45) is 2.89. The summed E-state index contributed by atoms with van der Waals surface area (Å²) >= 11 is 0. The van der Waals surface area contributed by atoms with Crippen LogP contribution in [0.2, 0.25) is 0 Å². The van der Waals surface area contributed by atoms with Crippen molar-refractivity contribution in [2.75, 3.05) is 18.1 Å². The van der Waals surface area contributed by atoms with Gasteiger partial charge in [-0.05, 0) is 37.5 Å². The first-order valence-electron chi connectivity index (χ1n) is 7.41. The average molecular weight is 285 g/mol. The number of aryl methyl sites for hydroxylation is 1. The number of nitrogens with zero attached hydrogens (tertiary/aromatic N) is 3. The van der Waals surface area contributed by atoms with Crippen LogP contribution >= 0.6 is 0 Å². The van der Waals surface area contributed by atoms with Crippen molar-refractivity contribution in [3.05, 3.63) is 29.8 Å². The van der Waals surface area contributed by atoms with Crippen LogP contribution in [0.4, 0.5) is 5.69 Å². The van der Waals surface area contributed by atoms with E-state index < -0.39 is 0 Å². The van der Waals surface area contributed by atoms with Crippen molar-refractivity contribution in [3.63, 3.8) is 0 Å². The van der Waals surface area contributed by atoms with E-state index in [1.807, 2.05) is 36.1 Å². The summed E-state index contributed by atoms with van der Waals surface area (Å²) in [5.74, 6) is -0.0729. The number of hydrogen-bond acceptors (Lipinski definition) is 3. The number of amides is 2. The highest BCUT2D eigenvalue weighted by Gasteiger charge is 2.29. The molecule has 2 amide bonds. The summed E-state index contributed by atoms with van der Waals surface area (Å²) in [5.41, 5.74) is 2.29. The molecule has 1 saturated heterocycles. The Morgan fingerprint density at radius 3 is 2.67 bits per heavy atom. The summed E-state index contributed by atoms with van der Waals surface area (Å²) in [7, 11) is 0. The molecule has 21 heavy (non-hydrogen) atoms. The summed E-state index contributed by atoms with van der Waals surface area (Å²) in [6.45, 7) is 3.57. The Morgan fingerprint density at radius 1 is 1.19 bits per heavy atom. The number of likely N-dealkylation sites (tertiary alicyclic amines) is 1. The van der Waals surface area contributed by atoms with Crippen molar-refractivity contribution in [2.45, 2.75) is 32.6 Å². The van der Waals surface area contributed by atoms with Gasteiger partial charge >= 0.3 is 0 Å². The van der Waals surface area contributed by atoms with Gasteiger partial charge in [-0.25, -0.2) is 5.01 Å². The molecule has 2 aliphatic heterocycles. The zero-order valence-electron chi connectivity index (χ0n) is 12.2. The predicted octanol–water partition coefficient (Wildman–Crippen LogP) is 2.10. The number of anilines is 1. The molecule has 5 heteroatoms. The first kappa shape index (κ1) is 13.8. The molecular formula is C16H19N3O2. The van der Waals surface area contributed by atoms with Gasteiger partial charge in [0.05, 0.1) is 5.69 Å². The van der Waals surface area contributed by atoms with E-state index in [0.29, 0.717) is 18.6 Å². The second-order valence-electron chi connectivity index (χ2n) is 5.59. The van der Waals surface area contributed by atoms with E-state index in [-0.39, 0.29) is 11.8 Å². The Labute approximate surface area is 124 Å². The van der Waals surface area contributed by atoms with Crippen molar-refractivity contribution in [1.29, 1.82) is 0 Å². The SMILES string of the molecule is Cc1cccc(N2N=C(C(=O)N3CCCC3)CCC2=O)c1. The molecule has 1 fully saturated rings. The third-order valence-corrected chi connectivity index (χ3v) is 3.92. The number of rotatable bonds is 2. The minimum absolute atomic E-state index is 0.0161. The van der Waals surface area contributed by atoms with Crippen LogP contribution in [-0.4, -0.2) is 35.5 Å². The maximum absolute atomic E-state index is 12.4. The van der Waals surface area contributed by atoms with Gasteiger partial charge in [0.1, 0.15) is 5.71 Å². The smallest absolute Gasteiger partial charge is 0.270 e. The molecule has 2 aliphatic rings. The first-order valence-corrected chi connectivity index (χ1v) is 7.41. The lowest BCUT2D eigenvalue weighted by Gasteiger charge is -2.25. The van der Waals surface area contributed by atoms with E-state index >= 15 is 0 Å². The maximum atomic E-state index is 12.4. The third kappa shape index (κ3) is 2.82. The van der Waals surface area contributed by atoms with Crippen LogP contribution in [0.3, 0.4) is 0 Å². The highest BCUT2D eigenvalue weighted by molar-refractivity contribution is 6.40. The van der Waals surface area contributed by atoms with Crippen LogP contribution < -0.4 is 5.01 Å². The van der Waals surface area contributed by atoms with Crippen molar-refractivity contribution in [1.82, 2.24) is 4.90 Å². The van der Waals surface area contributed by atoms with Gasteiger partial charge in [0.15, 0.2) is 0 Å². The standard InChI is InChI=1S/C16H19N3O2/c1-12-5-4-6-13(11-12)19-15(20)8-7-14(17-19)16(21)18-9-2-3-10-18/h4-6,11H,2-3,7-10H2,1H3. The lowest BCUT2D eigenvalue weighted by atomic mass is 10.1. The molecule has 0 N–H and O–H groups in total. The molecule has 0 unspecified atom stereocenters. The Balaban J connectivity index is 1.87. The Bertz CT molecular complexity index is 603.